The van der Waals surface area contributed by atoms with Crippen LogP contribution in [0.1, 0.15) is 0 Å². The van der Waals surface area contributed by atoms with E-state index in [1.54, 1.807) is 0 Å². The van der Waals surface area contributed by atoms with Gasteiger partial charge < -0.3 is 19.2 Å². The molecule has 0 saturated carbocycles. The first-order valence-electron chi connectivity index (χ1n) is 0.748. The van der Waals surface area contributed by atoms with E-state index >= 15 is 0 Å². The molecule has 0 aromatic carbocycles. The summed E-state index contributed by atoms with van der Waals surface area (Å²) in [5.74, 6) is 0. The first-order chi connectivity index (χ1) is 2.00. The summed E-state index contributed by atoms with van der Waals surface area (Å²) in [5, 5.41) is 0. The van der Waals surface area contributed by atoms with Crippen molar-refractivity contribution in [3.63, 3.8) is 0 Å². The zero-order valence-corrected chi connectivity index (χ0v) is 4.26. The van der Waals surface area contributed by atoms with Gasteiger partial charge in [-0.05, 0) is 0 Å². The van der Waals surface area contributed by atoms with Gasteiger partial charge in [-0.15, -0.1) is 0 Å². The van der Waals surface area contributed by atoms with Crippen LogP contribution < -0.4 is 9.79 Å². The van der Waals surface area contributed by atoms with Crippen LogP contribution in [-0.2, 0) is 21.6 Å². The molecule has 6 heavy (non-hydrogen) atoms. The number of phosphoric acid groups is 1. The molecule has 0 aromatic rings. The molecule has 0 heterocycles. The molecule has 4 nitrogen and oxygen atoms in total. The van der Waals surface area contributed by atoms with Gasteiger partial charge in [-0.25, -0.2) is 0 Å². The quantitative estimate of drug-likeness (QED) is 0.321. The minimum absolute atomic E-state index is 0. The zero-order valence-electron chi connectivity index (χ0n) is 2.42. The van der Waals surface area contributed by atoms with Gasteiger partial charge in [0.1, 0.15) is 0 Å². The Balaban J connectivity index is 0. The van der Waals surface area contributed by atoms with Gasteiger partial charge >= 0.3 is 0 Å². The first kappa shape index (κ1) is 9.80. The van der Waals surface area contributed by atoms with E-state index in [9.17, 15) is 0 Å². The number of hydrogen-bond acceptors (Lipinski definition) is 3. The maximum atomic E-state index is 8.66. The topological polar surface area (TPSA) is 83.4 Å². The third kappa shape index (κ3) is 154. The van der Waals surface area contributed by atoms with Crippen molar-refractivity contribution in [3.8, 4) is 0 Å². The molecular formula is HCuO4P-2. The van der Waals surface area contributed by atoms with E-state index in [2.05, 4.69) is 0 Å². The van der Waals surface area contributed by atoms with Gasteiger partial charge in [-0.3, -0.25) is 0 Å². The Hall–Kier alpha value is 0.629. The van der Waals surface area contributed by atoms with Crippen LogP contribution in [0, 0.1) is 0 Å². The molecule has 1 N–H and O–H groups in total. The standard InChI is InChI=1S/Cu.H3O4P/c;1-5(2,3)4/h;(H3,1,2,3,4)/p-2. The fraction of sp³-hybridized carbons (Fsp3) is 0. The molecule has 0 aliphatic rings. The van der Waals surface area contributed by atoms with Gasteiger partial charge in [0.15, 0.2) is 0 Å². The molecule has 0 rings (SSSR count). The second-order valence-electron chi connectivity index (χ2n) is 0.469. The van der Waals surface area contributed by atoms with Crippen molar-refractivity contribution >= 4 is 7.82 Å². The van der Waals surface area contributed by atoms with E-state index in [4.69, 9.17) is 19.2 Å². The minimum atomic E-state index is -5.14. The first-order valence-corrected chi connectivity index (χ1v) is 2.24. The molecule has 0 aliphatic carbocycles. The molecule has 0 aromatic heterocycles. The van der Waals surface area contributed by atoms with Crippen molar-refractivity contribution in [2.24, 2.45) is 0 Å². The molecule has 0 unspecified atom stereocenters. The Morgan fingerprint density at radius 3 is 1.50 bits per heavy atom. The van der Waals surface area contributed by atoms with Gasteiger partial charge in [-0.1, -0.05) is 0 Å². The third-order valence-corrected chi connectivity index (χ3v) is 0. The summed E-state index contributed by atoms with van der Waals surface area (Å²) in [4.78, 5) is 24.3. The Kier molecular flexibility index (Phi) is 4.49. The van der Waals surface area contributed by atoms with Crippen molar-refractivity contribution in [3.05, 3.63) is 0 Å². The summed E-state index contributed by atoms with van der Waals surface area (Å²) in [6, 6.07) is 0. The van der Waals surface area contributed by atoms with Gasteiger partial charge in [0.25, 0.3) is 0 Å². The van der Waals surface area contributed by atoms with Crippen LogP contribution >= 0.6 is 7.82 Å². The Labute approximate surface area is 44.9 Å². The summed E-state index contributed by atoms with van der Waals surface area (Å²) in [6.07, 6.45) is 0. The zero-order chi connectivity index (χ0) is 4.50. The third-order valence-electron chi connectivity index (χ3n) is 0. The van der Waals surface area contributed by atoms with Gasteiger partial charge in [0.05, 0.1) is 7.82 Å². The SMILES string of the molecule is O=P([O-])([O-])O.[Cu]. The van der Waals surface area contributed by atoms with Crippen LogP contribution in [-0.4, -0.2) is 4.89 Å². The molecule has 0 spiro atoms. The average Bonchev–Trinajstić information content (AvgIpc) is 0.722. The van der Waals surface area contributed by atoms with E-state index < -0.39 is 7.82 Å². The van der Waals surface area contributed by atoms with E-state index in [1.807, 2.05) is 0 Å². The molecule has 0 amide bonds. The van der Waals surface area contributed by atoms with E-state index in [0.29, 0.717) is 0 Å². The van der Waals surface area contributed by atoms with E-state index in [1.165, 1.54) is 0 Å². The predicted molar refractivity (Wildman–Crippen MR) is 9.83 cm³/mol. The van der Waals surface area contributed by atoms with Crippen molar-refractivity contribution in [1.82, 2.24) is 0 Å². The summed E-state index contributed by atoms with van der Waals surface area (Å²) in [6.45, 7) is 0. The summed E-state index contributed by atoms with van der Waals surface area (Å²) in [5.41, 5.74) is 0. The van der Waals surface area contributed by atoms with Crippen LogP contribution in [0.25, 0.3) is 0 Å². The van der Waals surface area contributed by atoms with E-state index in [0.717, 1.165) is 0 Å². The summed E-state index contributed by atoms with van der Waals surface area (Å²) >= 11 is 0. The van der Waals surface area contributed by atoms with Crippen molar-refractivity contribution in [2.45, 2.75) is 0 Å². The van der Waals surface area contributed by atoms with Crippen LogP contribution in [0.3, 0.4) is 0 Å². The molecule has 1 radical (unpaired) electrons. The molecular weight excluding hydrogens is 159 g/mol. The molecule has 43 valence electrons. The van der Waals surface area contributed by atoms with Crippen LogP contribution in [0.4, 0.5) is 0 Å². The second kappa shape index (κ2) is 2.75. The fourth-order valence-electron chi connectivity index (χ4n) is 0. The number of rotatable bonds is 0. The van der Waals surface area contributed by atoms with Crippen molar-refractivity contribution < 1.29 is 36.3 Å². The van der Waals surface area contributed by atoms with Gasteiger partial charge in [-0.2, -0.15) is 0 Å². The molecule has 0 fully saturated rings. The maximum absolute atomic E-state index is 8.66. The Bertz CT molecular complexity index is 53.7. The predicted octanol–water partition coefficient (Wildman–Crippen LogP) is -2.20. The van der Waals surface area contributed by atoms with Crippen LogP contribution in [0.15, 0.2) is 0 Å². The molecule has 0 aliphatic heterocycles. The Morgan fingerprint density at radius 2 is 1.50 bits per heavy atom. The summed E-state index contributed by atoms with van der Waals surface area (Å²) in [7, 11) is -5.14. The molecule has 0 bridgehead atoms. The average molecular weight is 160 g/mol. The van der Waals surface area contributed by atoms with Crippen molar-refractivity contribution in [2.75, 3.05) is 0 Å². The largest absolute Gasteiger partial charge is 0.790 e. The van der Waals surface area contributed by atoms with E-state index in [-0.39, 0.29) is 17.1 Å². The van der Waals surface area contributed by atoms with Crippen LogP contribution in [0.5, 0.6) is 0 Å². The summed E-state index contributed by atoms with van der Waals surface area (Å²) < 4.78 is 8.66. The minimum Gasteiger partial charge on any atom is -0.790 e. The smallest absolute Gasteiger partial charge is 0.0557 e. The molecule has 6 heteroatoms. The normalized spacial score (nSPS) is 9.83. The van der Waals surface area contributed by atoms with Gasteiger partial charge in [0.2, 0.25) is 0 Å². The Morgan fingerprint density at radius 1 is 1.50 bits per heavy atom. The molecule has 0 atom stereocenters. The number of hydrogen-bond donors (Lipinski definition) is 1. The van der Waals surface area contributed by atoms with Crippen LogP contribution in [0.2, 0.25) is 0 Å². The van der Waals surface area contributed by atoms with Crippen molar-refractivity contribution in [1.29, 1.82) is 0 Å². The second-order valence-corrected chi connectivity index (χ2v) is 1.41. The fourth-order valence-corrected chi connectivity index (χ4v) is 0. The monoisotopic (exact) mass is 159 g/mol. The molecule has 0 saturated heterocycles. The maximum Gasteiger partial charge on any atom is 0.0557 e. The van der Waals surface area contributed by atoms with Gasteiger partial charge in [0, 0.05) is 17.1 Å².